The van der Waals surface area contributed by atoms with E-state index in [1.165, 1.54) is 12.1 Å². The Balaban J connectivity index is 1.31. The number of benzene rings is 1. The third-order valence-electron chi connectivity index (χ3n) is 5.19. The van der Waals surface area contributed by atoms with Gasteiger partial charge in [0.05, 0.1) is 5.39 Å². The van der Waals surface area contributed by atoms with Crippen molar-refractivity contribution in [2.45, 2.75) is 6.54 Å². The molecule has 8 heteroatoms. The van der Waals surface area contributed by atoms with Gasteiger partial charge in [0.15, 0.2) is 5.58 Å². The zero-order valence-corrected chi connectivity index (χ0v) is 15.0. The number of piperazine rings is 1. The van der Waals surface area contributed by atoms with Gasteiger partial charge in [-0.3, -0.25) is 4.90 Å². The van der Waals surface area contributed by atoms with E-state index in [9.17, 15) is 4.39 Å². The normalized spacial score (nSPS) is 15.9. The highest BCUT2D eigenvalue weighted by molar-refractivity contribution is 5.87. The van der Waals surface area contributed by atoms with Crippen molar-refractivity contribution in [3.05, 3.63) is 48.3 Å². The van der Waals surface area contributed by atoms with Gasteiger partial charge in [-0.2, -0.15) is 0 Å². The molecule has 4 aromatic rings. The lowest BCUT2D eigenvalue weighted by atomic mass is 10.2. The van der Waals surface area contributed by atoms with Crippen LogP contribution in [0.15, 0.2) is 41.3 Å². The van der Waals surface area contributed by atoms with Gasteiger partial charge < -0.3 is 14.0 Å². The average Bonchev–Trinajstić information content (AvgIpc) is 3.26. The van der Waals surface area contributed by atoms with Crippen molar-refractivity contribution in [2.75, 3.05) is 31.1 Å². The highest BCUT2D eigenvalue weighted by Crippen LogP contribution is 2.25. The topological polar surface area (TPSA) is 63.2 Å². The van der Waals surface area contributed by atoms with Crippen molar-refractivity contribution < 1.29 is 8.91 Å². The van der Waals surface area contributed by atoms with Crippen molar-refractivity contribution in [3.63, 3.8) is 0 Å². The molecule has 1 aromatic carbocycles. The minimum absolute atomic E-state index is 0.309. The maximum absolute atomic E-state index is 13.3. The third-order valence-corrected chi connectivity index (χ3v) is 5.19. The van der Waals surface area contributed by atoms with Gasteiger partial charge in [-0.15, -0.1) is 0 Å². The summed E-state index contributed by atoms with van der Waals surface area (Å²) in [5.74, 6) is 0.679. The predicted molar refractivity (Wildman–Crippen MR) is 100.0 cm³/mol. The molecule has 0 saturated carbocycles. The molecule has 0 aliphatic carbocycles. The monoisotopic (exact) mass is 366 g/mol. The summed E-state index contributed by atoms with van der Waals surface area (Å²) in [6, 6.07) is 6.63. The van der Waals surface area contributed by atoms with E-state index in [2.05, 4.69) is 31.0 Å². The van der Waals surface area contributed by atoms with Gasteiger partial charge in [0.25, 0.3) is 0 Å². The Bertz CT molecular complexity index is 1110. The van der Waals surface area contributed by atoms with Gasteiger partial charge in [0.1, 0.15) is 29.3 Å². The highest BCUT2D eigenvalue weighted by Gasteiger charge is 2.22. The van der Waals surface area contributed by atoms with Crippen LogP contribution in [0.3, 0.4) is 0 Å². The summed E-state index contributed by atoms with van der Waals surface area (Å²) >= 11 is 0. The van der Waals surface area contributed by atoms with Gasteiger partial charge in [0.2, 0.25) is 0 Å². The number of halogens is 1. The number of aryl methyl sites for hydroxylation is 1. The number of rotatable bonds is 3. The number of anilines is 1. The third kappa shape index (κ3) is 2.82. The molecule has 0 N–H and O–H groups in total. The van der Waals surface area contributed by atoms with Gasteiger partial charge in [-0.05, 0) is 18.2 Å². The van der Waals surface area contributed by atoms with Gasteiger partial charge >= 0.3 is 0 Å². The summed E-state index contributed by atoms with van der Waals surface area (Å²) in [7, 11) is 1.99. The van der Waals surface area contributed by atoms with Crippen molar-refractivity contribution in [1.29, 1.82) is 0 Å². The quantitative estimate of drug-likeness (QED) is 0.555. The summed E-state index contributed by atoms with van der Waals surface area (Å²) in [4.78, 5) is 13.5. The lowest BCUT2D eigenvalue weighted by Crippen LogP contribution is -2.46. The second-order valence-electron chi connectivity index (χ2n) is 6.89. The molecule has 138 valence electrons. The van der Waals surface area contributed by atoms with Crippen molar-refractivity contribution in [3.8, 4) is 0 Å². The van der Waals surface area contributed by atoms with E-state index in [1.807, 2.05) is 17.8 Å². The van der Waals surface area contributed by atoms with E-state index < -0.39 is 0 Å². The van der Waals surface area contributed by atoms with Crippen molar-refractivity contribution in [2.24, 2.45) is 7.05 Å². The standard InChI is InChI=1S/C19H19FN6O/c1-24-5-4-15-18(24)21-12-22-19(15)26-8-6-25(7-9-26)11-16-14-3-2-13(20)10-17(14)27-23-16/h2-5,10,12H,6-9,11H2,1H3. The number of fused-ring (bicyclic) bond motifs is 2. The fourth-order valence-corrected chi connectivity index (χ4v) is 3.72. The second-order valence-corrected chi connectivity index (χ2v) is 6.89. The smallest absolute Gasteiger partial charge is 0.170 e. The van der Waals surface area contributed by atoms with Gasteiger partial charge in [0, 0.05) is 57.4 Å². The largest absolute Gasteiger partial charge is 0.356 e. The fourth-order valence-electron chi connectivity index (χ4n) is 3.72. The highest BCUT2D eigenvalue weighted by atomic mass is 19.1. The summed E-state index contributed by atoms with van der Waals surface area (Å²) in [6.07, 6.45) is 3.64. The minimum Gasteiger partial charge on any atom is -0.356 e. The maximum Gasteiger partial charge on any atom is 0.170 e. The zero-order chi connectivity index (χ0) is 18.4. The van der Waals surface area contributed by atoms with Crippen LogP contribution in [0.5, 0.6) is 0 Å². The number of nitrogens with zero attached hydrogens (tertiary/aromatic N) is 6. The molecule has 0 atom stereocenters. The van der Waals surface area contributed by atoms with E-state index in [0.717, 1.165) is 54.1 Å². The molecule has 3 aromatic heterocycles. The molecule has 1 aliphatic rings. The minimum atomic E-state index is -0.309. The van der Waals surface area contributed by atoms with E-state index >= 15 is 0 Å². The van der Waals surface area contributed by atoms with Crippen LogP contribution in [0.4, 0.5) is 10.2 Å². The van der Waals surface area contributed by atoms with Gasteiger partial charge in [-0.1, -0.05) is 5.16 Å². The molecule has 27 heavy (non-hydrogen) atoms. The molecule has 4 heterocycles. The van der Waals surface area contributed by atoms with Crippen LogP contribution in [0, 0.1) is 5.82 Å². The van der Waals surface area contributed by atoms with Crippen LogP contribution in [-0.4, -0.2) is 50.8 Å². The van der Waals surface area contributed by atoms with Crippen LogP contribution < -0.4 is 4.90 Å². The lowest BCUT2D eigenvalue weighted by molar-refractivity contribution is 0.243. The van der Waals surface area contributed by atoms with E-state index in [-0.39, 0.29) is 5.82 Å². The molecule has 5 rings (SSSR count). The molecule has 0 amide bonds. The first-order valence-electron chi connectivity index (χ1n) is 8.96. The zero-order valence-electron chi connectivity index (χ0n) is 15.0. The maximum atomic E-state index is 13.3. The molecule has 1 saturated heterocycles. The molecule has 0 bridgehead atoms. The first kappa shape index (κ1) is 16.2. The number of hydrogen-bond donors (Lipinski definition) is 0. The Kier molecular flexibility index (Phi) is 3.78. The number of hydrogen-bond acceptors (Lipinski definition) is 6. The molecule has 0 spiro atoms. The molecule has 1 aliphatic heterocycles. The summed E-state index contributed by atoms with van der Waals surface area (Å²) < 4.78 is 20.6. The van der Waals surface area contributed by atoms with Gasteiger partial charge in [-0.25, -0.2) is 14.4 Å². The molecule has 0 radical (unpaired) electrons. The first-order chi connectivity index (χ1) is 13.2. The Labute approximate surface area is 155 Å². The summed E-state index contributed by atoms with van der Waals surface area (Å²) in [5, 5.41) is 6.09. The van der Waals surface area contributed by atoms with Crippen LogP contribution in [0.1, 0.15) is 5.69 Å². The van der Waals surface area contributed by atoms with Crippen LogP contribution in [-0.2, 0) is 13.6 Å². The SMILES string of the molecule is Cn1ccc2c(N3CCN(Cc4noc5cc(F)ccc45)CC3)ncnc21. The molecule has 7 nitrogen and oxygen atoms in total. The lowest BCUT2D eigenvalue weighted by Gasteiger charge is -2.35. The Morgan fingerprint density at radius 2 is 1.93 bits per heavy atom. The van der Waals surface area contributed by atoms with Crippen LogP contribution >= 0.6 is 0 Å². The Morgan fingerprint density at radius 1 is 1.07 bits per heavy atom. The molecular weight excluding hydrogens is 347 g/mol. The average molecular weight is 366 g/mol. The number of aromatic nitrogens is 4. The van der Waals surface area contributed by atoms with E-state index in [4.69, 9.17) is 4.52 Å². The van der Waals surface area contributed by atoms with Crippen molar-refractivity contribution in [1.82, 2.24) is 24.6 Å². The summed E-state index contributed by atoms with van der Waals surface area (Å²) in [5.41, 5.74) is 2.30. The predicted octanol–water partition coefficient (Wildman–Crippen LogP) is 2.57. The molecule has 1 fully saturated rings. The van der Waals surface area contributed by atoms with Crippen LogP contribution in [0.2, 0.25) is 0 Å². The Morgan fingerprint density at radius 3 is 2.78 bits per heavy atom. The second kappa shape index (κ2) is 6.31. The molecular formula is C19H19FN6O. The van der Waals surface area contributed by atoms with E-state index in [0.29, 0.717) is 12.1 Å². The van der Waals surface area contributed by atoms with E-state index in [1.54, 1.807) is 12.4 Å². The fraction of sp³-hybridized carbons (Fsp3) is 0.316. The Hall–Kier alpha value is -3.00. The summed E-state index contributed by atoms with van der Waals surface area (Å²) in [6.45, 7) is 4.25. The molecule has 0 unspecified atom stereocenters. The van der Waals surface area contributed by atoms with Crippen LogP contribution in [0.25, 0.3) is 22.0 Å². The first-order valence-corrected chi connectivity index (χ1v) is 8.96. The van der Waals surface area contributed by atoms with Crippen molar-refractivity contribution >= 4 is 27.8 Å².